The van der Waals surface area contributed by atoms with Gasteiger partial charge in [-0.25, -0.2) is 0 Å². The number of hydrogen-bond acceptors (Lipinski definition) is 3. The molecule has 7 heteroatoms. The van der Waals surface area contributed by atoms with E-state index < -0.39 is 11.3 Å². The van der Waals surface area contributed by atoms with Crippen LogP contribution in [0, 0.1) is 5.92 Å². The SMILES string of the molecule is CC1CCN(C(=O)c2cn(C(C)C)cc(C(=O)NCCc3c[nH]c4ccccc34)c2=O)CC1. The number of carbonyl (C=O) groups is 2. The number of H-pyrrole nitrogens is 1. The van der Waals surface area contributed by atoms with Crippen molar-refractivity contribution < 1.29 is 9.59 Å². The van der Waals surface area contributed by atoms with E-state index in [1.807, 2.05) is 44.3 Å². The highest BCUT2D eigenvalue weighted by Gasteiger charge is 2.26. The van der Waals surface area contributed by atoms with E-state index in [4.69, 9.17) is 0 Å². The fourth-order valence-corrected chi connectivity index (χ4v) is 4.34. The lowest BCUT2D eigenvalue weighted by molar-refractivity contribution is 0.0695. The number of carbonyl (C=O) groups excluding carboxylic acids is 2. The summed E-state index contributed by atoms with van der Waals surface area (Å²) in [7, 11) is 0. The Morgan fingerprint density at radius 3 is 2.55 bits per heavy atom. The molecule has 33 heavy (non-hydrogen) atoms. The molecule has 4 rings (SSSR count). The van der Waals surface area contributed by atoms with Crippen LogP contribution in [0.15, 0.2) is 47.7 Å². The second kappa shape index (κ2) is 9.65. The molecule has 0 bridgehead atoms. The first kappa shape index (κ1) is 22.8. The number of likely N-dealkylation sites (tertiary alicyclic amines) is 1. The number of nitrogens with zero attached hydrogens (tertiary/aromatic N) is 2. The highest BCUT2D eigenvalue weighted by molar-refractivity contribution is 5.99. The number of fused-ring (bicyclic) bond motifs is 1. The van der Waals surface area contributed by atoms with E-state index >= 15 is 0 Å². The van der Waals surface area contributed by atoms with Gasteiger partial charge in [-0.3, -0.25) is 14.4 Å². The van der Waals surface area contributed by atoms with Gasteiger partial charge in [0.1, 0.15) is 11.1 Å². The molecule has 0 radical (unpaired) electrons. The van der Waals surface area contributed by atoms with E-state index in [2.05, 4.69) is 17.2 Å². The maximum Gasteiger partial charge on any atom is 0.259 e. The molecule has 2 amide bonds. The van der Waals surface area contributed by atoms with Crippen molar-refractivity contribution in [3.05, 3.63) is 69.8 Å². The first-order valence-corrected chi connectivity index (χ1v) is 11.7. The van der Waals surface area contributed by atoms with Crippen LogP contribution in [-0.4, -0.2) is 45.9 Å². The molecule has 3 aromatic rings. The maximum absolute atomic E-state index is 13.2. The van der Waals surface area contributed by atoms with Gasteiger partial charge in [-0.15, -0.1) is 0 Å². The summed E-state index contributed by atoms with van der Waals surface area (Å²) in [5, 5.41) is 3.99. The molecule has 2 N–H and O–H groups in total. The Morgan fingerprint density at radius 2 is 1.82 bits per heavy atom. The number of aromatic amines is 1. The van der Waals surface area contributed by atoms with Crippen molar-refractivity contribution in [1.82, 2.24) is 19.8 Å². The van der Waals surface area contributed by atoms with Gasteiger partial charge in [-0.1, -0.05) is 25.1 Å². The van der Waals surface area contributed by atoms with Gasteiger partial charge in [-0.05, 0) is 50.7 Å². The summed E-state index contributed by atoms with van der Waals surface area (Å²) in [6, 6.07) is 8.02. The molecule has 1 aromatic carbocycles. The third-order valence-electron chi connectivity index (χ3n) is 6.54. The second-order valence-electron chi connectivity index (χ2n) is 9.30. The minimum atomic E-state index is -0.500. The van der Waals surface area contributed by atoms with E-state index in [9.17, 15) is 14.4 Å². The van der Waals surface area contributed by atoms with E-state index in [1.165, 1.54) is 0 Å². The van der Waals surface area contributed by atoms with Gasteiger partial charge < -0.3 is 19.8 Å². The van der Waals surface area contributed by atoms with Crippen molar-refractivity contribution >= 4 is 22.7 Å². The lowest BCUT2D eigenvalue weighted by Crippen LogP contribution is -2.41. The Hall–Kier alpha value is -3.35. The van der Waals surface area contributed by atoms with E-state index in [-0.39, 0.29) is 23.1 Å². The molecule has 1 saturated heterocycles. The Labute approximate surface area is 193 Å². The van der Waals surface area contributed by atoms with E-state index in [1.54, 1.807) is 21.9 Å². The average molecular weight is 449 g/mol. The van der Waals surface area contributed by atoms with Crippen molar-refractivity contribution in [2.45, 2.75) is 46.1 Å². The normalized spacial score (nSPS) is 14.7. The fraction of sp³-hybridized carbons (Fsp3) is 0.423. The zero-order chi connectivity index (χ0) is 23.5. The molecule has 0 aliphatic carbocycles. The van der Waals surface area contributed by atoms with Crippen LogP contribution in [0.4, 0.5) is 0 Å². The second-order valence-corrected chi connectivity index (χ2v) is 9.30. The van der Waals surface area contributed by atoms with Crippen molar-refractivity contribution in [2.75, 3.05) is 19.6 Å². The number of aromatic nitrogens is 2. The molecule has 7 nitrogen and oxygen atoms in total. The summed E-state index contributed by atoms with van der Waals surface area (Å²) in [6.07, 6.45) is 7.59. The number of piperidine rings is 1. The lowest BCUT2D eigenvalue weighted by Gasteiger charge is -2.30. The number of rotatable bonds is 6. The summed E-state index contributed by atoms with van der Waals surface area (Å²) in [6.45, 7) is 7.77. The van der Waals surface area contributed by atoms with Gasteiger partial charge in [0.2, 0.25) is 5.43 Å². The molecule has 174 valence electrons. The van der Waals surface area contributed by atoms with Crippen molar-refractivity contribution in [3.8, 4) is 0 Å². The number of nitrogens with one attached hydrogen (secondary N) is 2. The number of para-hydroxylation sites is 1. The minimum Gasteiger partial charge on any atom is -0.361 e. The topological polar surface area (TPSA) is 87.2 Å². The molecule has 0 saturated carbocycles. The van der Waals surface area contributed by atoms with Crippen LogP contribution in [0.1, 0.15) is 65.9 Å². The number of amides is 2. The van der Waals surface area contributed by atoms with E-state index in [0.717, 1.165) is 29.3 Å². The van der Waals surface area contributed by atoms with Crippen LogP contribution in [0.2, 0.25) is 0 Å². The van der Waals surface area contributed by atoms with Gasteiger partial charge >= 0.3 is 0 Å². The minimum absolute atomic E-state index is 0.0105. The van der Waals surface area contributed by atoms with Gasteiger partial charge in [0.25, 0.3) is 11.8 Å². The molecular formula is C26H32N4O3. The zero-order valence-electron chi connectivity index (χ0n) is 19.6. The number of benzene rings is 1. The molecule has 1 fully saturated rings. The molecule has 2 aromatic heterocycles. The highest BCUT2D eigenvalue weighted by Crippen LogP contribution is 2.19. The molecule has 1 aliphatic rings. The van der Waals surface area contributed by atoms with Crippen LogP contribution in [0.25, 0.3) is 10.9 Å². The third-order valence-corrected chi connectivity index (χ3v) is 6.54. The maximum atomic E-state index is 13.2. The van der Waals surface area contributed by atoms with Crippen molar-refractivity contribution in [3.63, 3.8) is 0 Å². The summed E-state index contributed by atoms with van der Waals surface area (Å²) in [5.74, 6) is -0.151. The highest BCUT2D eigenvalue weighted by atomic mass is 16.2. The van der Waals surface area contributed by atoms with Gasteiger partial charge in [0.15, 0.2) is 0 Å². The summed E-state index contributed by atoms with van der Waals surface area (Å²) in [4.78, 5) is 44.3. The molecule has 3 heterocycles. The fourth-order valence-electron chi connectivity index (χ4n) is 4.34. The number of pyridine rings is 1. The molecule has 1 aliphatic heterocycles. The van der Waals surface area contributed by atoms with Gasteiger partial charge in [0, 0.05) is 55.2 Å². The standard InChI is InChI=1S/C26H32N4O3/c1-17(2)30-15-21(24(31)22(16-30)26(33)29-12-9-18(3)10-13-29)25(32)27-11-8-19-14-28-23-7-5-4-6-20(19)23/h4-7,14-18,28H,8-13H2,1-3H3,(H,27,32). The first-order valence-electron chi connectivity index (χ1n) is 11.7. The zero-order valence-corrected chi connectivity index (χ0v) is 19.6. The molecule has 0 unspecified atom stereocenters. The van der Waals surface area contributed by atoms with Gasteiger partial charge in [0.05, 0.1) is 0 Å². The predicted molar refractivity (Wildman–Crippen MR) is 130 cm³/mol. The Bertz CT molecular complexity index is 1220. The van der Waals surface area contributed by atoms with Crippen LogP contribution >= 0.6 is 0 Å². The molecule has 0 atom stereocenters. The lowest BCUT2D eigenvalue weighted by atomic mass is 9.98. The third kappa shape index (κ3) is 4.87. The Kier molecular flexibility index (Phi) is 6.67. The molecule has 0 spiro atoms. The quantitative estimate of drug-likeness (QED) is 0.602. The monoisotopic (exact) mass is 448 g/mol. The Balaban J connectivity index is 1.52. The van der Waals surface area contributed by atoms with Crippen LogP contribution < -0.4 is 10.7 Å². The summed E-state index contributed by atoms with van der Waals surface area (Å²) < 4.78 is 1.77. The first-order chi connectivity index (χ1) is 15.8. The van der Waals surface area contributed by atoms with Crippen molar-refractivity contribution in [2.24, 2.45) is 5.92 Å². The van der Waals surface area contributed by atoms with Crippen LogP contribution in [0.5, 0.6) is 0 Å². The summed E-state index contributed by atoms with van der Waals surface area (Å²) in [5.41, 5.74) is 1.74. The van der Waals surface area contributed by atoms with Gasteiger partial charge in [-0.2, -0.15) is 0 Å². The summed E-state index contributed by atoms with van der Waals surface area (Å²) >= 11 is 0. The number of hydrogen-bond donors (Lipinski definition) is 2. The molecular weight excluding hydrogens is 416 g/mol. The van der Waals surface area contributed by atoms with Crippen LogP contribution in [-0.2, 0) is 6.42 Å². The predicted octanol–water partition coefficient (Wildman–Crippen LogP) is 3.76. The van der Waals surface area contributed by atoms with Crippen LogP contribution in [0.3, 0.4) is 0 Å². The Morgan fingerprint density at radius 1 is 1.12 bits per heavy atom. The average Bonchev–Trinajstić information content (AvgIpc) is 3.22. The largest absolute Gasteiger partial charge is 0.361 e. The van der Waals surface area contributed by atoms with E-state index in [0.29, 0.717) is 32.0 Å². The smallest absolute Gasteiger partial charge is 0.259 e. The van der Waals surface area contributed by atoms with Crippen molar-refractivity contribution in [1.29, 1.82) is 0 Å².